The standard InChI is InChI=1S/C27H33NO9/c1-16(2)25(31)36-22-12-11-19(14-23(22)37-26(32)17(3)4)13-21(24(29)30)28-15-18(5)34-27(33)35-20-9-7-6-8-10-20/h6-12,14,16-18,21,28H,13,15H2,1-5H3,(H,29,30)/t18?,21-/m0/s1. The largest absolute Gasteiger partial charge is 0.514 e. The Labute approximate surface area is 215 Å². The highest BCUT2D eigenvalue weighted by molar-refractivity contribution is 5.78. The van der Waals surface area contributed by atoms with E-state index in [1.807, 2.05) is 0 Å². The summed E-state index contributed by atoms with van der Waals surface area (Å²) < 4.78 is 21.0. The van der Waals surface area contributed by atoms with Gasteiger partial charge in [-0.2, -0.15) is 0 Å². The van der Waals surface area contributed by atoms with E-state index in [1.165, 1.54) is 12.1 Å². The van der Waals surface area contributed by atoms with E-state index in [0.29, 0.717) is 11.3 Å². The Hall–Kier alpha value is -3.92. The Morgan fingerprint density at radius 3 is 1.97 bits per heavy atom. The van der Waals surface area contributed by atoms with Crippen LogP contribution in [0.1, 0.15) is 40.2 Å². The van der Waals surface area contributed by atoms with Crippen molar-refractivity contribution in [1.82, 2.24) is 5.32 Å². The van der Waals surface area contributed by atoms with Gasteiger partial charge < -0.3 is 29.4 Å². The van der Waals surface area contributed by atoms with Crippen LogP contribution in [0.15, 0.2) is 48.5 Å². The molecule has 2 N–H and O–H groups in total. The number of carboxylic acid groups (broad SMARTS) is 1. The van der Waals surface area contributed by atoms with Crippen molar-refractivity contribution in [2.45, 2.75) is 53.2 Å². The van der Waals surface area contributed by atoms with Crippen LogP contribution in [0.3, 0.4) is 0 Å². The molecule has 0 aromatic heterocycles. The van der Waals surface area contributed by atoms with Crippen molar-refractivity contribution >= 4 is 24.1 Å². The van der Waals surface area contributed by atoms with Crippen LogP contribution < -0.4 is 19.5 Å². The summed E-state index contributed by atoms with van der Waals surface area (Å²) in [4.78, 5) is 48.1. The Kier molecular flexibility index (Phi) is 11.1. The molecule has 0 saturated carbocycles. The number of nitrogens with one attached hydrogen (secondary N) is 1. The molecule has 0 saturated heterocycles. The van der Waals surface area contributed by atoms with Crippen molar-refractivity contribution < 1.29 is 43.2 Å². The van der Waals surface area contributed by atoms with Crippen LogP contribution in [-0.2, 0) is 25.5 Å². The minimum Gasteiger partial charge on any atom is -0.480 e. The average Bonchev–Trinajstić information content (AvgIpc) is 2.83. The maximum atomic E-state index is 12.2. The number of para-hydroxylation sites is 1. The molecule has 200 valence electrons. The normalized spacial score (nSPS) is 12.5. The maximum Gasteiger partial charge on any atom is 0.514 e. The highest BCUT2D eigenvalue weighted by atomic mass is 16.7. The van der Waals surface area contributed by atoms with Crippen LogP contribution in [0.4, 0.5) is 4.79 Å². The highest BCUT2D eigenvalue weighted by Gasteiger charge is 2.23. The number of rotatable bonds is 12. The predicted molar refractivity (Wildman–Crippen MR) is 134 cm³/mol. The molecule has 1 unspecified atom stereocenters. The lowest BCUT2D eigenvalue weighted by atomic mass is 10.0. The van der Waals surface area contributed by atoms with Crippen molar-refractivity contribution in [3.63, 3.8) is 0 Å². The number of carboxylic acids is 1. The van der Waals surface area contributed by atoms with Crippen LogP contribution >= 0.6 is 0 Å². The molecule has 2 rings (SSSR count). The third kappa shape index (κ3) is 9.92. The zero-order valence-corrected chi connectivity index (χ0v) is 21.6. The number of esters is 2. The van der Waals surface area contributed by atoms with Crippen molar-refractivity contribution in [2.24, 2.45) is 11.8 Å². The number of hydrogen-bond acceptors (Lipinski definition) is 9. The third-order valence-electron chi connectivity index (χ3n) is 5.00. The first-order valence-corrected chi connectivity index (χ1v) is 11.9. The summed E-state index contributed by atoms with van der Waals surface area (Å²) in [7, 11) is 0. The number of carbonyl (C=O) groups excluding carboxylic acids is 3. The van der Waals surface area contributed by atoms with Gasteiger partial charge in [0.2, 0.25) is 0 Å². The van der Waals surface area contributed by atoms with Gasteiger partial charge >= 0.3 is 24.1 Å². The summed E-state index contributed by atoms with van der Waals surface area (Å²) in [5.41, 5.74) is 0.521. The molecule has 0 aliphatic heterocycles. The van der Waals surface area contributed by atoms with E-state index < -0.39 is 48.0 Å². The Morgan fingerprint density at radius 1 is 0.811 bits per heavy atom. The molecule has 0 aliphatic rings. The molecule has 0 fully saturated rings. The van der Waals surface area contributed by atoms with E-state index in [1.54, 1.807) is 71.0 Å². The molecule has 2 aromatic rings. The van der Waals surface area contributed by atoms with Crippen LogP contribution in [0.5, 0.6) is 17.2 Å². The fraction of sp³-hybridized carbons (Fsp3) is 0.407. The molecule has 10 nitrogen and oxygen atoms in total. The van der Waals surface area contributed by atoms with Gasteiger partial charge in [0, 0.05) is 6.54 Å². The molecule has 2 aromatic carbocycles. The molecule has 0 bridgehead atoms. The minimum atomic E-state index is -1.13. The van der Waals surface area contributed by atoms with E-state index in [-0.39, 0.29) is 24.5 Å². The van der Waals surface area contributed by atoms with Crippen molar-refractivity contribution in [3.8, 4) is 17.2 Å². The Morgan fingerprint density at radius 2 is 1.41 bits per heavy atom. The van der Waals surface area contributed by atoms with Crippen molar-refractivity contribution in [2.75, 3.05) is 6.54 Å². The number of aliphatic carboxylic acids is 1. The second-order valence-electron chi connectivity index (χ2n) is 9.03. The molecular formula is C27H33NO9. The number of hydrogen-bond donors (Lipinski definition) is 2. The van der Waals surface area contributed by atoms with Gasteiger partial charge in [-0.1, -0.05) is 52.0 Å². The summed E-state index contributed by atoms with van der Waals surface area (Å²) in [6, 6.07) is 11.9. The van der Waals surface area contributed by atoms with E-state index in [2.05, 4.69) is 5.32 Å². The first-order valence-electron chi connectivity index (χ1n) is 11.9. The molecule has 0 heterocycles. The first kappa shape index (κ1) is 29.3. The number of ether oxygens (including phenoxy) is 4. The summed E-state index contributed by atoms with van der Waals surface area (Å²) in [5.74, 6) is -2.57. The van der Waals surface area contributed by atoms with Gasteiger partial charge in [0.05, 0.1) is 11.8 Å². The summed E-state index contributed by atoms with van der Waals surface area (Å²) in [6.45, 7) is 8.31. The third-order valence-corrected chi connectivity index (χ3v) is 5.00. The second-order valence-corrected chi connectivity index (χ2v) is 9.03. The molecule has 0 radical (unpaired) electrons. The van der Waals surface area contributed by atoms with E-state index in [9.17, 15) is 24.3 Å². The second kappa shape index (κ2) is 14.0. The van der Waals surface area contributed by atoms with Crippen LogP contribution in [-0.4, -0.2) is 47.9 Å². The Balaban J connectivity index is 2.06. The monoisotopic (exact) mass is 515 g/mol. The lowest BCUT2D eigenvalue weighted by molar-refractivity contribution is -0.140. The smallest absolute Gasteiger partial charge is 0.480 e. The lowest BCUT2D eigenvalue weighted by Gasteiger charge is -2.19. The minimum absolute atomic E-state index is 0.0150. The van der Waals surface area contributed by atoms with Crippen LogP contribution in [0.25, 0.3) is 0 Å². The quantitative estimate of drug-likeness (QED) is 0.242. The Bertz CT molecular complexity index is 1080. The van der Waals surface area contributed by atoms with Crippen molar-refractivity contribution in [1.29, 1.82) is 0 Å². The summed E-state index contributed by atoms with van der Waals surface area (Å²) in [6.07, 6.45) is -1.57. The van der Waals surface area contributed by atoms with E-state index in [0.717, 1.165) is 0 Å². The van der Waals surface area contributed by atoms with Gasteiger partial charge in [0.25, 0.3) is 0 Å². The molecule has 2 atom stereocenters. The van der Waals surface area contributed by atoms with Gasteiger partial charge in [-0.15, -0.1) is 0 Å². The number of benzene rings is 2. The SMILES string of the molecule is CC(CN[C@@H](Cc1ccc(OC(=O)C(C)C)c(OC(=O)C(C)C)c1)C(=O)O)OC(=O)Oc1ccccc1. The fourth-order valence-corrected chi connectivity index (χ4v) is 2.90. The first-order chi connectivity index (χ1) is 17.5. The van der Waals surface area contributed by atoms with Gasteiger partial charge in [-0.25, -0.2) is 4.79 Å². The van der Waals surface area contributed by atoms with E-state index >= 15 is 0 Å². The molecular weight excluding hydrogens is 482 g/mol. The summed E-state index contributed by atoms with van der Waals surface area (Å²) >= 11 is 0. The topological polar surface area (TPSA) is 137 Å². The molecule has 37 heavy (non-hydrogen) atoms. The van der Waals surface area contributed by atoms with Crippen LogP contribution in [0.2, 0.25) is 0 Å². The highest BCUT2D eigenvalue weighted by Crippen LogP contribution is 2.30. The van der Waals surface area contributed by atoms with Gasteiger partial charge in [-0.05, 0) is 43.2 Å². The van der Waals surface area contributed by atoms with Gasteiger partial charge in [0.1, 0.15) is 17.9 Å². The molecule has 0 amide bonds. The number of carbonyl (C=O) groups is 4. The summed E-state index contributed by atoms with van der Waals surface area (Å²) in [5, 5.41) is 12.5. The zero-order chi connectivity index (χ0) is 27.5. The zero-order valence-electron chi connectivity index (χ0n) is 21.6. The molecule has 0 spiro atoms. The average molecular weight is 516 g/mol. The predicted octanol–water partition coefficient (Wildman–Crippen LogP) is 4.00. The van der Waals surface area contributed by atoms with Crippen molar-refractivity contribution in [3.05, 3.63) is 54.1 Å². The van der Waals surface area contributed by atoms with Gasteiger partial charge in [-0.3, -0.25) is 14.4 Å². The molecule has 0 aliphatic carbocycles. The molecule has 10 heteroatoms. The maximum absolute atomic E-state index is 12.2. The lowest BCUT2D eigenvalue weighted by Crippen LogP contribution is -2.42. The fourth-order valence-electron chi connectivity index (χ4n) is 2.90. The van der Waals surface area contributed by atoms with E-state index in [4.69, 9.17) is 18.9 Å². The van der Waals surface area contributed by atoms with Crippen LogP contribution in [0, 0.1) is 11.8 Å². The van der Waals surface area contributed by atoms with Gasteiger partial charge in [0.15, 0.2) is 11.5 Å².